The maximum absolute atomic E-state index is 12.7. The number of anilines is 3. The second-order valence-corrected chi connectivity index (χ2v) is 6.18. The number of H-pyrrole nitrogens is 1. The van der Waals surface area contributed by atoms with Gasteiger partial charge in [-0.05, 0) is 54.6 Å². The SMILES string of the molecule is O=C(Nc1ccc(Nc2ccccc2)cc1)c1ccc2nc(C(F)F)[nH]c2c1. The van der Waals surface area contributed by atoms with Crippen LogP contribution in [0.5, 0.6) is 0 Å². The molecule has 0 spiro atoms. The Morgan fingerprint density at radius 3 is 2.29 bits per heavy atom. The van der Waals surface area contributed by atoms with E-state index in [1.54, 1.807) is 24.3 Å². The van der Waals surface area contributed by atoms with Crippen LogP contribution in [0.4, 0.5) is 25.8 Å². The van der Waals surface area contributed by atoms with E-state index in [9.17, 15) is 13.6 Å². The number of aromatic amines is 1. The number of halogens is 2. The van der Waals surface area contributed by atoms with Gasteiger partial charge in [0.05, 0.1) is 11.0 Å². The highest BCUT2D eigenvalue weighted by molar-refractivity contribution is 6.06. The van der Waals surface area contributed by atoms with Crippen molar-refractivity contribution in [3.63, 3.8) is 0 Å². The maximum Gasteiger partial charge on any atom is 0.295 e. The minimum Gasteiger partial charge on any atom is -0.356 e. The molecule has 0 bridgehead atoms. The number of amides is 1. The summed E-state index contributed by atoms with van der Waals surface area (Å²) in [6.07, 6.45) is -2.69. The Hall–Kier alpha value is -3.74. The van der Waals surface area contributed by atoms with Gasteiger partial charge in [-0.1, -0.05) is 18.2 Å². The Morgan fingerprint density at radius 1 is 0.893 bits per heavy atom. The van der Waals surface area contributed by atoms with E-state index >= 15 is 0 Å². The van der Waals surface area contributed by atoms with Crippen LogP contribution in [0.1, 0.15) is 22.6 Å². The number of nitrogens with zero attached hydrogens (tertiary/aromatic N) is 1. The van der Waals surface area contributed by atoms with Crippen molar-refractivity contribution < 1.29 is 13.6 Å². The number of imidazole rings is 1. The van der Waals surface area contributed by atoms with Crippen LogP contribution in [0.25, 0.3) is 11.0 Å². The maximum atomic E-state index is 12.7. The molecule has 1 heterocycles. The van der Waals surface area contributed by atoms with Crippen molar-refractivity contribution in [1.82, 2.24) is 9.97 Å². The first-order chi connectivity index (χ1) is 13.6. The molecule has 0 aliphatic carbocycles. The second-order valence-electron chi connectivity index (χ2n) is 6.18. The molecule has 4 aromatic rings. The lowest BCUT2D eigenvalue weighted by atomic mass is 10.2. The molecular weight excluding hydrogens is 362 g/mol. The van der Waals surface area contributed by atoms with E-state index in [1.165, 1.54) is 6.07 Å². The molecule has 7 heteroatoms. The molecular formula is C21H16F2N4O. The van der Waals surface area contributed by atoms with Crippen LogP contribution in [0, 0.1) is 0 Å². The summed E-state index contributed by atoms with van der Waals surface area (Å²) in [6, 6.07) is 21.6. The Labute approximate surface area is 159 Å². The van der Waals surface area contributed by atoms with Gasteiger partial charge in [0.25, 0.3) is 12.3 Å². The predicted octanol–water partition coefficient (Wildman–Crippen LogP) is 5.50. The lowest BCUT2D eigenvalue weighted by molar-refractivity contribution is 0.102. The van der Waals surface area contributed by atoms with Crippen molar-refractivity contribution in [2.45, 2.75) is 6.43 Å². The molecule has 0 aliphatic rings. The molecule has 3 aromatic carbocycles. The summed E-state index contributed by atoms with van der Waals surface area (Å²) in [5.41, 5.74) is 3.62. The highest BCUT2D eigenvalue weighted by Gasteiger charge is 2.14. The molecule has 0 radical (unpaired) electrons. The lowest BCUT2D eigenvalue weighted by Gasteiger charge is -2.09. The van der Waals surface area contributed by atoms with E-state index in [4.69, 9.17) is 0 Å². The summed E-state index contributed by atoms with van der Waals surface area (Å²) in [5.74, 6) is -0.743. The van der Waals surface area contributed by atoms with Crippen molar-refractivity contribution in [1.29, 1.82) is 0 Å². The lowest BCUT2D eigenvalue weighted by Crippen LogP contribution is -2.11. The summed E-state index contributed by atoms with van der Waals surface area (Å²) in [5, 5.41) is 6.06. The van der Waals surface area contributed by atoms with Gasteiger partial charge < -0.3 is 15.6 Å². The van der Waals surface area contributed by atoms with Crippen LogP contribution >= 0.6 is 0 Å². The van der Waals surface area contributed by atoms with Gasteiger partial charge in [0.2, 0.25) is 0 Å². The Balaban J connectivity index is 1.46. The van der Waals surface area contributed by atoms with E-state index in [-0.39, 0.29) is 5.91 Å². The Morgan fingerprint density at radius 2 is 1.57 bits per heavy atom. The number of carbonyl (C=O) groups excluding carboxylic acids is 1. The average molecular weight is 378 g/mol. The fourth-order valence-electron chi connectivity index (χ4n) is 2.80. The van der Waals surface area contributed by atoms with Gasteiger partial charge >= 0.3 is 0 Å². The van der Waals surface area contributed by atoms with Gasteiger partial charge in [0.15, 0.2) is 5.82 Å². The zero-order valence-corrected chi connectivity index (χ0v) is 14.6. The zero-order chi connectivity index (χ0) is 19.5. The molecule has 0 fully saturated rings. The van der Waals surface area contributed by atoms with Gasteiger partial charge in [-0.15, -0.1) is 0 Å². The van der Waals surface area contributed by atoms with Gasteiger partial charge in [0, 0.05) is 22.6 Å². The van der Waals surface area contributed by atoms with Crippen LogP contribution in [0.15, 0.2) is 72.8 Å². The fraction of sp³-hybridized carbons (Fsp3) is 0.0476. The molecule has 4 rings (SSSR count). The standard InChI is InChI=1S/C21H16F2N4O/c22-19(23)20-26-17-11-6-13(12-18(17)27-20)21(28)25-16-9-7-15(8-10-16)24-14-4-2-1-3-5-14/h1-12,19,24H,(H,25,28)(H,26,27). The van der Waals surface area contributed by atoms with Crippen molar-refractivity contribution >= 4 is 34.0 Å². The van der Waals surface area contributed by atoms with E-state index < -0.39 is 12.2 Å². The highest BCUT2D eigenvalue weighted by Crippen LogP contribution is 2.22. The Bertz CT molecular complexity index is 1110. The molecule has 0 unspecified atom stereocenters. The minimum atomic E-state index is -2.69. The van der Waals surface area contributed by atoms with Crippen molar-refractivity contribution in [3.05, 3.63) is 84.2 Å². The monoisotopic (exact) mass is 378 g/mol. The molecule has 0 saturated carbocycles. The summed E-state index contributed by atoms with van der Waals surface area (Å²) in [4.78, 5) is 18.8. The highest BCUT2D eigenvalue weighted by atomic mass is 19.3. The normalized spacial score (nSPS) is 11.0. The van der Waals surface area contributed by atoms with E-state index in [0.717, 1.165) is 11.4 Å². The average Bonchev–Trinajstić information content (AvgIpc) is 3.14. The first kappa shape index (κ1) is 17.7. The number of benzene rings is 3. The number of carbonyl (C=O) groups is 1. The first-order valence-corrected chi connectivity index (χ1v) is 8.60. The number of alkyl halides is 2. The van der Waals surface area contributed by atoms with Crippen LogP contribution in [0.2, 0.25) is 0 Å². The van der Waals surface area contributed by atoms with Crippen LogP contribution < -0.4 is 10.6 Å². The quantitative estimate of drug-likeness (QED) is 0.430. The summed E-state index contributed by atoms with van der Waals surface area (Å²) in [7, 11) is 0. The molecule has 5 nitrogen and oxygen atoms in total. The van der Waals surface area contributed by atoms with Crippen LogP contribution in [-0.4, -0.2) is 15.9 Å². The number of fused-ring (bicyclic) bond motifs is 1. The topological polar surface area (TPSA) is 69.8 Å². The third-order valence-electron chi connectivity index (χ3n) is 4.17. The van der Waals surface area contributed by atoms with Crippen molar-refractivity contribution in [2.24, 2.45) is 0 Å². The van der Waals surface area contributed by atoms with Gasteiger partial charge in [-0.2, -0.15) is 0 Å². The number of nitrogens with one attached hydrogen (secondary N) is 3. The van der Waals surface area contributed by atoms with E-state index in [0.29, 0.717) is 22.3 Å². The predicted molar refractivity (Wildman–Crippen MR) is 105 cm³/mol. The second kappa shape index (κ2) is 7.48. The molecule has 0 atom stereocenters. The minimum absolute atomic E-state index is 0.334. The van der Waals surface area contributed by atoms with Crippen molar-refractivity contribution in [2.75, 3.05) is 10.6 Å². The fourth-order valence-corrected chi connectivity index (χ4v) is 2.80. The summed E-state index contributed by atoms with van der Waals surface area (Å²) < 4.78 is 25.5. The summed E-state index contributed by atoms with van der Waals surface area (Å²) >= 11 is 0. The van der Waals surface area contributed by atoms with E-state index in [1.807, 2.05) is 42.5 Å². The number of aromatic nitrogens is 2. The number of hydrogen-bond donors (Lipinski definition) is 3. The summed E-state index contributed by atoms with van der Waals surface area (Å²) in [6.45, 7) is 0. The largest absolute Gasteiger partial charge is 0.356 e. The zero-order valence-electron chi connectivity index (χ0n) is 14.6. The number of rotatable bonds is 5. The first-order valence-electron chi connectivity index (χ1n) is 8.60. The molecule has 28 heavy (non-hydrogen) atoms. The third kappa shape index (κ3) is 3.83. The Kier molecular flexibility index (Phi) is 4.72. The molecule has 1 amide bonds. The van der Waals surface area contributed by atoms with Crippen molar-refractivity contribution in [3.8, 4) is 0 Å². The van der Waals surface area contributed by atoms with E-state index in [2.05, 4.69) is 20.6 Å². The number of para-hydroxylation sites is 1. The van der Waals surface area contributed by atoms with Gasteiger partial charge in [-0.3, -0.25) is 4.79 Å². The van der Waals surface area contributed by atoms with Crippen LogP contribution in [-0.2, 0) is 0 Å². The number of hydrogen-bond acceptors (Lipinski definition) is 3. The van der Waals surface area contributed by atoms with Crippen LogP contribution in [0.3, 0.4) is 0 Å². The molecule has 3 N–H and O–H groups in total. The molecule has 0 saturated heterocycles. The third-order valence-corrected chi connectivity index (χ3v) is 4.17. The molecule has 0 aliphatic heterocycles. The molecule has 1 aromatic heterocycles. The van der Waals surface area contributed by atoms with Gasteiger partial charge in [0.1, 0.15) is 0 Å². The smallest absolute Gasteiger partial charge is 0.295 e. The molecule has 140 valence electrons. The van der Waals surface area contributed by atoms with Gasteiger partial charge in [-0.25, -0.2) is 13.8 Å².